The van der Waals surface area contributed by atoms with Gasteiger partial charge in [-0.2, -0.15) is 5.10 Å². The summed E-state index contributed by atoms with van der Waals surface area (Å²) in [5, 5.41) is 4.29. The Morgan fingerprint density at radius 3 is 2.67 bits per heavy atom. The van der Waals surface area contributed by atoms with Crippen molar-refractivity contribution in [3.05, 3.63) is 0 Å². The maximum Gasteiger partial charge on any atom is 0.122 e. The molecule has 1 saturated carbocycles. The third kappa shape index (κ3) is 1.08. The van der Waals surface area contributed by atoms with Crippen LogP contribution in [0, 0.1) is 0 Å². The Hall–Kier alpha value is -0.730. The molecule has 0 radical (unpaired) electrons. The Labute approximate surface area is 73.8 Å². The zero-order valence-electron chi connectivity index (χ0n) is 8.26. The van der Waals surface area contributed by atoms with E-state index in [1.807, 2.05) is 0 Å². The van der Waals surface area contributed by atoms with Crippen molar-refractivity contribution in [1.29, 1.82) is 0 Å². The number of hydrogen-bond donors (Lipinski definition) is 1. The maximum atomic E-state index is 4.29. The highest BCUT2D eigenvalue weighted by molar-refractivity contribution is 5.81. The van der Waals surface area contributed by atoms with Gasteiger partial charge in [0.25, 0.3) is 0 Å². The summed E-state index contributed by atoms with van der Waals surface area (Å²) >= 11 is 0. The molecule has 0 spiro atoms. The van der Waals surface area contributed by atoms with E-state index in [2.05, 4.69) is 43.1 Å². The Balaban J connectivity index is 2.22. The molecule has 1 aliphatic carbocycles. The van der Waals surface area contributed by atoms with E-state index in [9.17, 15) is 0 Å². The number of hydrogen-bond acceptors (Lipinski definition) is 3. The van der Waals surface area contributed by atoms with Crippen LogP contribution in [0.2, 0.25) is 0 Å². The van der Waals surface area contributed by atoms with E-state index in [4.69, 9.17) is 0 Å². The van der Waals surface area contributed by atoms with Crippen LogP contribution in [-0.4, -0.2) is 28.4 Å². The third-order valence-corrected chi connectivity index (χ3v) is 2.55. The topological polar surface area (TPSA) is 27.6 Å². The van der Waals surface area contributed by atoms with Gasteiger partial charge in [-0.15, -0.1) is 0 Å². The van der Waals surface area contributed by atoms with E-state index in [-0.39, 0.29) is 5.54 Å². The molecule has 1 N–H and O–H groups in total. The highest BCUT2D eigenvalue weighted by Gasteiger charge is 2.48. The predicted octanol–water partition coefficient (Wildman–Crippen LogP) is 1.16. The Kier molecular flexibility index (Phi) is 1.41. The van der Waals surface area contributed by atoms with Crippen LogP contribution < -0.4 is 5.43 Å². The van der Waals surface area contributed by atoms with Crippen molar-refractivity contribution in [2.75, 3.05) is 0 Å². The van der Waals surface area contributed by atoms with E-state index in [1.54, 1.807) is 0 Å². The van der Waals surface area contributed by atoms with Gasteiger partial charge in [-0.05, 0) is 34.1 Å². The van der Waals surface area contributed by atoms with Gasteiger partial charge in [-0.25, -0.2) is 0 Å². The lowest BCUT2D eigenvalue weighted by atomic mass is 10.1. The molecule has 1 heterocycles. The first-order valence-electron chi connectivity index (χ1n) is 4.59. The van der Waals surface area contributed by atoms with Crippen LogP contribution in [0.4, 0.5) is 0 Å². The van der Waals surface area contributed by atoms with Crippen molar-refractivity contribution in [3.8, 4) is 0 Å². The lowest BCUT2D eigenvalue weighted by molar-refractivity contribution is 0.210. The van der Waals surface area contributed by atoms with E-state index in [0.717, 1.165) is 5.84 Å². The van der Waals surface area contributed by atoms with Crippen molar-refractivity contribution >= 4 is 5.84 Å². The second-order valence-electron chi connectivity index (χ2n) is 4.74. The van der Waals surface area contributed by atoms with E-state index < -0.39 is 0 Å². The molecule has 12 heavy (non-hydrogen) atoms. The highest BCUT2D eigenvalue weighted by atomic mass is 15.5. The molecular weight excluding hydrogens is 150 g/mol. The SMILES string of the molecule is CC1=NNC2CC2N1C(C)(C)C. The molecule has 2 unspecified atom stereocenters. The number of fused-ring (bicyclic) bond motifs is 1. The van der Waals surface area contributed by atoms with Crippen LogP contribution >= 0.6 is 0 Å². The van der Waals surface area contributed by atoms with Crippen LogP contribution in [0.5, 0.6) is 0 Å². The van der Waals surface area contributed by atoms with Crippen LogP contribution in [0.15, 0.2) is 5.10 Å². The Morgan fingerprint density at radius 1 is 1.50 bits per heavy atom. The minimum Gasteiger partial charge on any atom is -0.349 e. The Morgan fingerprint density at radius 2 is 2.17 bits per heavy atom. The van der Waals surface area contributed by atoms with Gasteiger partial charge in [0.15, 0.2) is 0 Å². The van der Waals surface area contributed by atoms with Gasteiger partial charge >= 0.3 is 0 Å². The first kappa shape index (κ1) is 7.90. The van der Waals surface area contributed by atoms with Gasteiger partial charge in [0.2, 0.25) is 0 Å². The predicted molar refractivity (Wildman–Crippen MR) is 50.0 cm³/mol. The summed E-state index contributed by atoms with van der Waals surface area (Å²) in [5.74, 6) is 1.13. The molecule has 1 fully saturated rings. The van der Waals surface area contributed by atoms with Crippen LogP contribution in [0.3, 0.4) is 0 Å². The van der Waals surface area contributed by atoms with Crippen molar-refractivity contribution in [2.24, 2.45) is 5.10 Å². The van der Waals surface area contributed by atoms with Crippen molar-refractivity contribution in [3.63, 3.8) is 0 Å². The van der Waals surface area contributed by atoms with Gasteiger partial charge in [0.05, 0.1) is 12.1 Å². The molecular formula is C9H17N3. The van der Waals surface area contributed by atoms with E-state index in [1.165, 1.54) is 6.42 Å². The summed E-state index contributed by atoms with van der Waals surface area (Å²) in [5.41, 5.74) is 3.37. The second kappa shape index (κ2) is 2.15. The minimum atomic E-state index is 0.217. The van der Waals surface area contributed by atoms with Gasteiger partial charge in [0.1, 0.15) is 5.84 Å². The van der Waals surface area contributed by atoms with Crippen LogP contribution in [0.1, 0.15) is 34.1 Å². The summed E-state index contributed by atoms with van der Waals surface area (Å²) in [4.78, 5) is 2.42. The average molecular weight is 167 g/mol. The van der Waals surface area contributed by atoms with Gasteiger partial charge in [-0.3, -0.25) is 0 Å². The van der Waals surface area contributed by atoms with E-state index >= 15 is 0 Å². The summed E-state index contributed by atoms with van der Waals surface area (Å²) in [6.07, 6.45) is 1.25. The lowest BCUT2D eigenvalue weighted by Gasteiger charge is -2.39. The lowest BCUT2D eigenvalue weighted by Crippen LogP contribution is -2.50. The molecule has 0 bridgehead atoms. The molecule has 0 aromatic rings. The molecule has 0 aromatic heterocycles. The third-order valence-electron chi connectivity index (χ3n) is 2.55. The summed E-state index contributed by atoms with van der Waals surface area (Å²) < 4.78 is 0. The monoisotopic (exact) mass is 167 g/mol. The molecule has 68 valence electrons. The van der Waals surface area contributed by atoms with Crippen molar-refractivity contribution in [2.45, 2.75) is 51.7 Å². The van der Waals surface area contributed by atoms with Crippen molar-refractivity contribution in [1.82, 2.24) is 10.3 Å². The Bertz CT molecular complexity index is 226. The van der Waals surface area contributed by atoms with Crippen LogP contribution in [-0.2, 0) is 0 Å². The average Bonchev–Trinajstić information content (AvgIpc) is 2.61. The molecule has 0 aromatic carbocycles. The van der Waals surface area contributed by atoms with Crippen LogP contribution in [0.25, 0.3) is 0 Å². The van der Waals surface area contributed by atoms with Gasteiger partial charge in [-0.1, -0.05) is 0 Å². The summed E-state index contributed by atoms with van der Waals surface area (Å²) in [6.45, 7) is 8.80. The molecule has 2 rings (SSSR count). The second-order valence-corrected chi connectivity index (χ2v) is 4.74. The number of hydrazone groups is 1. The molecule has 1 aliphatic heterocycles. The maximum absolute atomic E-state index is 4.29. The first-order chi connectivity index (χ1) is 5.50. The highest BCUT2D eigenvalue weighted by Crippen LogP contribution is 2.35. The smallest absolute Gasteiger partial charge is 0.122 e. The summed E-state index contributed by atoms with van der Waals surface area (Å²) in [6, 6.07) is 1.32. The number of rotatable bonds is 0. The van der Waals surface area contributed by atoms with Crippen molar-refractivity contribution < 1.29 is 0 Å². The number of amidine groups is 1. The fraction of sp³-hybridized carbons (Fsp3) is 0.889. The quantitative estimate of drug-likeness (QED) is 0.586. The molecule has 3 heteroatoms. The largest absolute Gasteiger partial charge is 0.349 e. The molecule has 0 saturated heterocycles. The first-order valence-corrected chi connectivity index (χ1v) is 4.59. The van der Waals surface area contributed by atoms with E-state index in [0.29, 0.717) is 12.1 Å². The molecule has 2 aliphatic rings. The summed E-state index contributed by atoms with van der Waals surface area (Å²) in [7, 11) is 0. The van der Waals surface area contributed by atoms with Gasteiger partial charge < -0.3 is 10.3 Å². The fourth-order valence-corrected chi connectivity index (χ4v) is 2.06. The number of nitrogens with zero attached hydrogens (tertiary/aromatic N) is 2. The molecule has 2 atom stereocenters. The minimum absolute atomic E-state index is 0.217. The number of nitrogens with one attached hydrogen (secondary N) is 1. The molecule has 3 nitrogen and oxygen atoms in total. The zero-order chi connectivity index (χ0) is 8.93. The standard InChI is InChI=1S/C9H17N3/c1-6-10-11-7-5-8(7)12(6)9(2,3)4/h7-8,11H,5H2,1-4H3. The molecule has 0 amide bonds. The normalized spacial score (nSPS) is 33.7. The fourth-order valence-electron chi connectivity index (χ4n) is 2.06. The zero-order valence-corrected chi connectivity index (χ0v) is 8.26. The van der Waals surface area contributed by atoms with Gasteiger partial charge in [0, 0.05) is 5.54 Å².